The van der Waals surface area contributed by atoms with E-state index in [-0.39, 0.29) is 34.8 Å². The molecule has 0 saturated carbocycles. The van der Waals surface area contributed by atoms with Gasteiger partial charge in [-0.05, 0) is 18.9 Å². The van der Waals surface area contributed by atoms with E-state index in [4.69, 9.17) is 11.6 Å². The highest BCUT2D eigenvalue weighted by molar-refractivity contribution is 6.34. The molecule has 102 valence electrons. The average Bonchev–Trinajstić information content (AvgIpc) is 2.85. The Morgan fingerprint density at radius 2 is 2.32 bits per heavy atom. The fourth-order valence-electron chi connectivity index (χ4n) is 2.24. The topological polar surface area (TPSA) is 83.7 Å². The molecule has 1 atom stereocenters. The first kappa shape index (κ1) is 13.8. The minimum absolute atomic E-state index is 0.0581. The lowest BCUT2D eigenvalue weighted by Gasteiger charge is -2.23. The highest BCUT2D eigenvalue weighted by Crippen LogP contribution is 2.26. The molecule has 7 heteroatoms. The van der Waals surface area contributed by atoms with Gasteiger partial charge >= 0.3 is 0 Å². The van der Waals surface area contributed by atoms with Crippen LogP contribution in [0.3, 0.4) is 0 Å². The van der Waals surface area contributed by atoms with Crippen molar-refractivity contribution in [1.82, 2.24) is 4.90 Å². The van der Waals surface area contributed by atoms with Crippen molar-refractivity contribution < 1.29 is 14.8 Å². The number of amides is 1. The fraction of sp³-hybridized carbons (Fsp3) is 0.417. The number of nitro groups is 1. The van der Waals surface area contributed by atoms with Gasteiger partial charge in [-0.15, -0.1) is 0 Å². The van der Waals surface area contributed by atoms with Gasteiger partial charge in [0.2, 0.25) is 0 Å². The summed E-state index contributed by atoms with van der Waals surface area (Å²) in [7, 11) is 0. The van der Waals surface area contributed by atoms with E-state index in [1.807, 2.05) is 0 Å². The third-order valence-corrected chi connectivity index (χ3v) is 3.56. The predicted octanol–water partition coefficient (Wildman–Crippen LogP) is 1.85. The maximum Gasteiger partial charge on any atom is 0.270 e. The molecule has 1 fully saturated rings. The van der Waals surface area contributed by atoms with Gasteiger partial charge in [0.05, 0.1) is 28.2 Å². The van der Waals surface area contributed by atoms with Crippen molar-refractivity contribution in [1.29, 1.82) is 0 Å². The molecule has 0 aliphatic carbocycles. The van der Waals surface area contributed by atoms with Crippen LogP contribution >= 0.6 is 11.6 Å². The molecule has 1 aromatic rings. The van der Waals surface area contributed by atoms with Gasteiger partial charge < -0.3 is 10.0 Å². The number of non-ortho nitro benzene ring substituents is 1. The Morgan fingerprint density at radius 1 is 1.58 bits per heavy atom. The molecule has 1 aromatic carbocycles. The lowest BCUT2D eigenvalue weighted by atomic mass is 10.1. The molecule has 1 heterocycles. The summed E-state index contributed by atoms with van der Waals surface area (Å²) in [5.41, 5.74) is 0.0781. The zero-order valence-electron chi connectivity index (χ0n) is 10.1. The molecule has 1 aliphatic rings. The first-order valence-corrected chi connectivity index (χ1v) is 6.28. The number of carbonyl (C=O) groups excluding carboxylic acids is 1. The summed E-state index contributed by atoms with van der Waals surface area (Å²) in [5, 5.41) is 19.9. The quantitative estimate of drug-likeness (QED) is 0.678. The van der Waals surface area contributed by atoms with Crippen LogP contribution in [-0.4, -0.2) is 40.0 Å². The third-order valence-electron chi connectivity index (χ3n) is 3.24. The first-order valence-electron chi connectivity index (χ1n) is 5.90. The zero-order valence-corrected chi connectivity index (χ0v) is 10.8. The molecule has 2 rings (SSSR count). The summed E-state index contributed by atoms with van der Waals surface area (Å²) >= 11 is 5.92. The molecule has 0 spiro atoms. The van der Waals surface area contributed by atoms with Crippen molar-refractivity contribution in [2.45, 2.75) is 18.9 Å². The average molecular weight is 285 g/mol. The second-order valence-electron chi connectivity index (χ2n) is 4.40. The van der Waals surface area contributed by atoms with E-state index in [2.05, 4.69) is 0 Å². The van der Waals surface area contributed by atoms with Crippen LogP contribution < -0.4 is 0 Å². The van der Waals surface area contributed by atoms with Gasteiger partial charge in [0, 0.05) is 18.7 Å². The SMILES string of the molecule is O=C(c1ccc([N+](=O)[O-])cc1Cl)N1CCC[C@H]1CO. The van der Waals surface area contributed by atoms with Gasteiger partial charge in [0.1, 0.15) is 0 Å². The summed E-state index contributed by atoms with van der Waals surface area (Å²) in [6.45, 7) is 0.480. The van der Waals surface area contributed by atoms with Gasteiger partial charge in [-0.25, -0.2) is 0 Å². The van der Waals surface area contributed by atoms with Crippen LogP contribution in [0.2, 0.25) is 5.02 Å². The van der Waals surface area contributed by atoms with Gasteiger partial charge in [0.15, 0.2) is 0 Å². The number of hydrogen-bond donors (Lipinski definition) is 1. The maximum absolute atomic E-state index is 12.3. The number of benzene rings is 1. The summed E-state index contributed by atoms with van der Waals surface area (Å²) in [6, 6.07) is 3.58. The Bertz CT molecular complexity index is 520. The van der Waals surface area contributed by atoms with E-state index in [1.54, 1.807) is 4.90 Å². The Labute approximate surface area is 114 Å². The molecule has 1 N–H and O–H groups in total. The van der Waals surface area contributed by atoms with Gasteiger partial charge in [-0.2, -0.15) is 0 Å². The molecule has 1 aliphatic heterocycles. The molecule has 0 bridgehead atoms. The molecule has 6 nitrogen and oxygen atoms in total. The normalized spacial score (nSPS) is 18.6. The summed E-state index contributed by atoms with van der Waals surface area (Å²) in [5.74, 6) is -0.295. The van der Waals surface area contributed by atoms with E-state index < -0.39 is 4.92 Å². The zero-order chi connectivity index (χ0) is 14.0. The lowest BCUT2D eigenvalue weighted by molar-refractivity contribution is -0.384. The van der Waals surface area contributed by atoms with Crippen molar-refractivity contribution in [2.24, 2.45) is 0 Å². The molecule has 0 radical (unpaired) electrons. The van der Waals surface area contributed by atoms with E-state index in [0.29, 0.717) is 6.54 Å². The van der Waals surface area contributed by atoms with E-state index in [9.17, 15) is 20.0 Å². The number of nitro benzene ring substituents is 1. The molecule has 0 unspecified atom stereocenters. The van der Waals surface area contributed by atoms with Crippen LogP contribution in [0.1, 0.15) is 23.2 Å². The number of aliphatic hydroxyl groups excluding tert-OH is 1. The van der Waals surface area contributed by atoms with Gasteiger partial charge in [-0.3, -0.25) is 14.9 Å². The monoisotopic (exact) mass is 284 g/mol. The number of halogens is 1. The number of likely N-dealkylation sites (tertiary alicyclic amines) is 1. The van der Waals surface area contributed by atoms with E-state index >= 15 is 0 Å². The smallest absolute Gasteiger partial charge is 0.270 e. The Morgan fingerprint density at radius 3 is 2.89 bits per heavy atom. The van der Waals surface area contributed by atoms with Crippen molar-refractivity contribution >= 4 is 23.2 Å². The second-order valence-corrected chi connectivity index (χ2v) is 4.81. The number of rotatable bonds is 3. The minimum atomic E-state index is -0.563. The maximum atomic E-state index is 12.3. The van der Waals surface area contributed by atoms with Gasteiger partial charge in [0.25, 0.3) is 11.6 Å². The van der Waals surface area contributed by atoms with Crippen molar-refractivity contribution in [3.63, 3.8) is 0 Å². The molecule has 19 heavy (non-hydrogen) atoms. The standard InChI is InChI=1S/C12H13ClN2O4/c13-11-6-8(15(18)19)3-4-10(11)12(17)14-5-1-2-9(14)7-16/h3-4,6,9,16H,1-2,5,7H2/t9-/m0/s1. The first-order chi connectivity index (χ1) is 9.04. The largest absolute Gasteiger partial charge is 0.394 e. The highest BCUT2D eigenvalue weighted by Gasteiger charge is 2.30. The van der Waals surface area contributed by atoms with Crippen molar-refractivity contribution in [3.8, 4) is 0 Å². The summed E-state index contributed by atoms with van der Waals surface area (Å²) in [6.07, 6.45) is 1.59. The second kappa shape index (κ2) is 5.54. The predicted molar refractivity (Wildman–Crippen MR) is 69.3 cm³/mol. The van der Waals surface area contributed by atoms with Crippen molar-refractivity contribution in [3.05, 3.63) is 38.9 Å². The molecule has 1 amide bonds. The Hall–Kier alpha value is -1.66. The number of aliphatic hydroxyl groups is 1. The van der Waals surface area contributed by atoms with E-state index in [0.717, 1.165) is 12.8 Å². The third kappa shape index (κ3) is 2.69. The lowest BCUT2D eigenvalue weighted by Crippen LogP contribution is -2.37. The summed E-state index contributed by atoms with van der Waals surface area (Å²) in [4.78, 5) is 23.9. The molecular formula is C12H13ClN2O4. The van der Waals surface area contributed by atoms with Gasteiger partial charge in [-0.1, -0.05) is 11.6 Å². The molecule has 1 saturated heterocycles. The van der Waals surface area contributed by atoms with Crippen LogP contribution in [0, 0.1) is 10.1 Å². The number of hydrogen-bond acceptors (Lipinski definition) is 4. The Balaban J connectivity index is 2.26. The minimum Gasteiger partial charge on any atom is -0.394 e. The molecule has 0 aromatic heterocycles. The fourth-order valence-corrected chi connectivity index (χ4v) is 2.49. The van der Waals surface area contributed by atoms with Crippen LogP contribution in [0.15, 0.2) is 18.2 Å². The summed E-state index contributed by atoms with van der Waals surface area (Å²) < 4.78 is 0. The number of carbonyl (C=O) groups is 1. The van der Waals surface area contributed by atoms with Crippen LogP contribution in [0.4, 0.5) is 5.69 Å². The Kier molecular flexibility index (Phi) is 4.01. The molecular weight excluding hydrogens is 272 g/mol. The highest BCUT2D eigenvalue weighted by atomic mass is 35.5. The van der Waals surface area contributed by atoms with E-state index in [1.165, 1.54) is 18.2 Å². The number of nitrogens with zero attached hydrogens (tertiary/aromatic N) is 2. The van der Waals surface area contributed by atoms with Crippen molar-refractivity contribution in [2.75, 3.05) is 13.2 Å². The van der Waals surface area contributed by atoms with Crippen LogP contribution in [-0.2, 0) is 0 Å². The van der Waals surface area contributed by atoms with Crippen LogP contribution in [0.25, 0.3) is 0 Å². The van der Waals surface area contributed by atoms with Crippen LogP contribution in [0.5, 0.6) is 0 Å².